The SMILES string of the molecule is O=C1c2cc(Cl)c(Cl)cc2C(=O)N1c1cccc2ncccc12. The van der Waals surface area contributed by atoms with Gasteiger partial charge in [-0.25, -0.2) is 4.90 Å². The van der Waals surface area contributed by atoms with E-state index in [0.29, 0.717) is 11.2 Å². The lowest BCUT2D eigenvalue weighted by molar-refractivity contribution is 0.0926. The molecule has 0 fully saturated rings. The van der Waals surface area contributed by atoms with Gasteiger partial charge in [0.25, 0.3) is 11.8 Å². The average Bonchev–Trinajstić information content (AvgIpc) is 2.79. The third kappa shape index (κ3) is 2.03. The van der Waals surface area contributed by atoms with Gasteiger partial charge in [0.1, 0.15) is 0 Å². The number of anilines is 1. The molecule has 2 heterocycles. The highest BCUT2D eigenvalue weighted by Crippen LogP contribution is 2.36. The molecule has 112 valence electrons. The van der Waals surface area contributed by atoms with Gasteiger partial charge in [-0.05, 0) is 36.4 Å². The molecular weight excluding hydrogens is 335 g/mol. The zero-order chi connectivity index (χ0) is 16.1. The molecule has 0 radical (unpaired) electrons. The van der Waals surface area contributed by atoms with E-state index >= 15 is 0 Å². The highest BCUT2D eigenvalue weighted by molar-refractivity contribution is 6.44. The zero-order valence-electron chi connectivity index (χ0n) is 11.6. The minimum atomic E-state index is -0.417. The molecular formula is C17H8Cl2N2O2. The summed E-state index contributed by atoms with van der Waals surface area (Å²) in [5.74, 6) is -0.833. The van der Waals surface area contributed by atoms with E-state index < -0.39 is 11.8 Å². The van der Waals surface area contributed by atoms with Crippen LogP contribution in [0.4, 0.5) is 5.69 Å². The van der Waals surface area contributed by atoms with Gasteiger partial charge in [-0.15, -0.1) is 0 Å². The fourth-order valence-electron chi connectivity index (χ4n) is 2.73. The van der Waals surface area contributed by atoms with Gasteiger partial charge < -0.3 is 0 Å². The lowest BCUT2D eigenvalue weighted by Gasteiger charge is -2.16. The molecule has 1 aliphatic rings. The Morgan fingerprint density at radius 3 is 2.17 bits per heavy atom. The van der Waals surface area contributed by atoms with E-state index in [4.69, 9.17) is 23.2 Å². The van der Waals surface area contributed by atoms with Crippen LogP contribution in [0.2, 0.25) is 10.0 Å². The molecule has 0 unspecified atom stereocenters. The zero-order valence-corrected chi connectivity index (χ0v) is 13.1. The predicted octanol–water partition coefficient (Wildman–Crippen LogP) is 4.34. The van der Waals surface area contributed by atoms with Crippen LogP contribution < -0.4 is 4.90 Å². The summed E-state index contributed by atoms with van der Waals surface area (Å²) < 4.78 is 0. The van der Waals surface area contributed by atoms with Gasteiger partial charge in [-0.1, -0.05) is 29.3 Å². The van der Waals surface area contributed by atoms with E-state index in [1.807, 2.05) is 12.1 Å². The second kappa shape index (κ2) is 5.05. The Labute approximate surface area is 141 Å². The molecule has 3 aromatic rings. The van der Waals surface area contributed by atoms with E-state index in [1.54, 1.807) is 24.4 Å². The number of pyridine rings is 1. The van der Waals surface area contributed by atoms with Gasteiger partial charge in [0.05, 0.1) is 32.4 Å². The van der Waals surface area contributed by atoms with Gasteiger partial charge in [0, 0.05) is 11.6 Å². The molecule has 0 bridgehead atoms. The summed E-state index contributed by atoms with van der Waals surface area (Å²) in [6, 6.07) is 11.7. The van der Waals surface area contributed by atoms with Crippen LogP contribution in [0.3, 0.4) is 0 Å². The highest BCUT2D eigenvalue weighted by atomic mass is 35.5. The molecule has 1 aliphatic heterocycles. The van der Waals surface area contributed by atoms with Gasteiger partial charge in [0.2, 0.25) is 0 Å². The first-order valence-electron chi connectivity index (χ1n) is 6.79. The molecule has 0 aliphatic carbocycles. The summed E-state index contributed by atoms with van der Waals surface area (Å²) in [5.41, 5.74) is 1.71. The number of imide groups is 1. The minimum absolute atomic E-state index is 0.244. The lowest BCUT2D eigenvalue weighted by atomic mass is 10.1. The number of benzene rings is 2. The Morgan fingerprint density at radius 1 is 0.870 bits per heavy atom. The van der Waals surface area contributed by atoms with Crippen LogP contribution in [0.1, 0.15) is 20.7 Å². The fraction of sp³-hybridized carbons (Fsp3) is 0. The molecule has 0 atom stereocenters. The van der Waals surface area contributed by atoms with Crippen molar-refractivity contribution in [3.05, 3.63) is 69.8 Å². The second-order valence-corrected chi connectivity index (χ2v) is 5.92. The molecule has 23 heavy (non-hydrogen) atoms. The fourth-order valence-corrected chi connectivity index (χ4v) is 3.06. The summed E-state index contributed by atoms with van der Waals surface area (Å²) in [7, 11) is 0. The van der Waals surface area contributed by atoms with Crippen LogP contribution in [0.5, 0.6) is 0 Å². The monoisotopic (exact) mass is 342 g/mol. The summed E-state index contributed by atoms with van der Waals surface area (Å²) in [4.78, 5) is 30.8. The van der Waals surface area contributed by atoms with Crippen molar-refractivity contribution in [1.29, 1.82) is 0 Å². The molecule has 0 saturated heterocycles. The largest absolute Gasteiger partial charge is 0.268 e. The van der Waals surface area contributed by atoms with E-state index in [-0.39, 0.29) is 21.2 Å². The maximum absolute atomic E-state index is 12.7. The molecule has 0 N–H and O–H groups in total. The van der Waals surface area contributed by atoms with Crippen molar-refractivity contribution in [2.45, 2.75) is 0 Å². The van der Waals surface area contributed by atoms with Crippen LogP contribution in [-0.2, 0) is 0 Å². The topological polar surface area (TPSA) is 50.3 Å². The summed E-state index contributed by atoms with van der Waals surface area (Å²) in [6.45, 7) is 0. The molecule has 4 rings (SSSR count). The minimum Gasteiger partial charge on any atom is -0.268 e. The summed E-state index contributed by atoms with van der Waals surface area (Å²) in [5, 5.41) is 1.21. The Kier molecular flexibility index (Phi) is 3.11. The van der Waals surface area contributed by atoms with E-state index in [1.165, 1.54) is 12.1 Å². The summed E-state index contributed by atoms with van der Waals surface area (Å²) >= 11 is 11.9. The summed E-state index contributed by atoms with van der Waals surface area (Å²) in [6.07, 6.45) is 1.66. The number of amides is 2. The molecule has 2 aromatic carbocycles. The normalized spacial score (nSPS) is 13.7. The van der Waals surface area contributed by atoms with Gasteiger partial charge in [-0.2, -0.15) is 0 Å². The van der Waals surface area contributed by atoms with Gasteiger partial charge in [0.15, 0.2) is 0 Å². The Hall–Kier alpha value is -2.43. The number of carbonyl (C=O) groups excluding carboxylic acids is 2. The predicted molar refractivity (Wildman–Crippen MR) is 89.3 cm³/mol. The van der Waals surface area contributed by atoms with Crippen LogP contribution >= 0.6 is 23.2 Å². The van der Waals surface area contributed by atoms with Crippen LogP contribution in [0.15, 0.2) is 48.7 Å². The Bertz CT molecular complexity index is 955. The third-order valence-electron chi connectivity index (χ3n) is 3.79. The third-order valence-corrected chi connectivity index (χ3v) is 4.51. The van der Waals surface area contributed by atoms with Crippen molar-refractivity contribution in [1.82, 2.24) is 4.98 Å². The maximum atomic E-state index is 12.7. The number of nitrogens with zero attached hydrogens (tertiary/aromatic N) is 2. The van der Waals surface area contributed by atoms with Crippen LogP contribution in [0.25, 0.3) is 10.9 Å². The average molecular weight is 343 g/mol. The number of fused-ring (bicyclic) bond motifs is 2. The van der Waals surface area contributed by atoms with Crippen molar-refractivity contribution in [3.63, 3.8) is 0 Å². The standard InChI is InChI=1S/C17H8Cl2N2O2/c18-12-7-10-11(8-13(12)19)17(23)21(16(10)22)15-5-1-4-14-9(15)3-2-6-20-14/h1-8H. The van der Waals surface area contributed by atoms with Crippen LogP contribution in [-0.4, -0.2) is 16.8 Å². The first kappa shape index (κ1) is 14.2. The van der Waals surface area contributed by atoms with Crippen molar-refractivity contribution < 1.29 is 9.59 Å². The van der Waals surface area contributed by atoms with E-state index in [9.17, 15) is 9.59 Å². The first-order chi connectivity index (χ1) is 11.1. The van der Waals surface area contributed by atoms with E-state index in [2.05, 4.69) is 4.98 Å². The van der Waals surface area contributed by atoms with Crippen molar-refractivity contribution in [3.8, 4) is 0 Å². The van der Waals surface area contributed by atoms with Crippen molar-refractivity contribution >= 4 is 51.6 Å². The number of aromatic nitrogens is 1. The molecule has 0 spiro atoms. The maximum Gasteiger partial charge on any atom is 0.266 e. The first-order valence-corrected chi connectivity index (χ1v) is 7.55. The lowest BCUT2D eigenvalue weighted by Crippen LogP contribution is -2.29. The number of halogens is 2. The Balaban J connectivity index is 1.94. The molecule has 4 nitrogen and oxygen atoms in total. The van der Waals surface area contributed by atoms with Crippen molar-refractivity contribution in [2.75, 3.05) is 4.90 Å². The second-order valence-electron chi connectivity index (χ2n) is 5.10. The smallest absolute Gasteiger partial charge is 0.266 e. The number of hydrogen-bond donors (Lipinski definition) is 0. The van der Waals surface area contributed by atoms with Crippen LogP contribution in [0, 0.1) is 0 Å². The van der Waals surface area contributed by atoms with Crippen molar-refractivity contribution in [2.24, 2.45) is 0 Å². The number of carbonyl (C=O) groups is 2. The quantitative estimate of drug-likeness (QED) is 0.618. The molecule has 1 aromatic heterocycles. The number of hydrogen-bond acceptors (Lipinski definition) is 3. The molecule has 0 saturated carbocycles. The Morgan fingerprint density at radius 2 is 1.52 bits per heavy atom. The van der Waals surface area contributed by atoms with E-state index in [0.717, 1.165) is 10.3 Å². The highest BCUT2D eigenvalue weighted by Gasteiger charge is 2.38. The van der Waals surface area contributed by atoms with Gasteiger partial charge in [-0.3, -0.25) is 14.6 Å². The van der Waals surface area contributed by atoms with Gasteiger partial charge >= 0.3 is 0 Å². The molecule has 6 heteroatoms. The molecule has 2 amide bonds. The number of rotatable bonds is 1.